The van der Waals surface area contributed by atoms with Gasteiger partial charge in [0.2, 0.25) is 0 Å². The monoisotopic (exact) mass is 336 g/mol. The molecule has 0 aliphatic heterocycles. The zero-order valence-electron chi connectivity index (χ0n) is 13.0. The fourth-order valence-electron chi connectivity index (χ4n) is 1.94. The number of ether oxygens (including phenoxy) is 1. The van der Waals surface area contributed by atoms with Crippen molar-refractivity contribution in [1.82, 2.24) is 5.32 Å². The summed E-state index contributed by atoms with van der Waals surface area (Å²) in [6.45, 7) is 5.75. The molecule has 22 heavy (non-hydrogen) atoms. The molecule has 0 spiro atoms. The van der Waals surface area contributed by atoms with E-state index in [1.807, 2.05) is 13.8 Å². The summed E-state index contributed by atoms with van der Waals surface area (Å²) in [4.78, 5) is 12.1. The van der Waals surface area contributed by atoms with Crippen LogP contribution in [0.3, 0.4) is 0 Å². The molecule has 1 aromatic rings. The van der Waals surface area contributed by atoms with Crippen molar-refractivity contribution in [3.8, 4) is 5.75 Å². The maximum Gasteiger partial charge on any atom is 0.261 e. The van der Waals surface area contributed by atoms with Gasteiger partial charge in [-0.2, -0.15) is 0 Å². The Balaban J connectivity index is 0.00000441. The molecule has 1 aromatic carbocycles. The molecule has 0 radical (unpaired) electrons. The molecule has 1 atom stereocenters. The molecule has 0 bridgehead atoms. The summed E-state index contributed by atoms with van der Waals surface area (Å²) in [5.41, 5.74) is 5.25. The van der Waals surface area contributed by atoms with Crippen molar-refractivity contribution in [3.63, 3.8) is 0 Å². The highest BCUT2D eigenvalue weighted by Crippen LogP contribution is 2.18. The third-order valence-electron chi connectivity index (χ3n) is 3.71. The zero-order chi connectivity index (χ0) is 16.0. The summed E-state index contributed by atoms with van der Waals surface area (Å²) >= 11 is 0. The molecule has 3 N–H and O–H groups in total. The van der Waals surface area contributed by atoms with E-state index in [1.54, 1.807) is 6.92 Å². The van der Waals surface area contributed by atoms with Crippen LogP contribution in [-0.4, -0.2) is 24.1 Å². The number of hydrogen-bond acceptors (Lipinski definition) is 3. The van der Waals surface area contributed by atoms with E-state index in [-0.39, 0.29) is 24.1 Å². The first-order chi connectivity index (χ1) is 9.87. The minimum absolute atomic E-state index is 0. The van der Waals surface area contributed by atoms with Gasteiger partial charge in [-0.25, -0.2) is 8.78 Å². The van der Waals surface area contributed by atoms with Crippen LogP contribution in [0.5, 0.6) is 5.75 Å². The summed E-state index contributed by atoms with van der Waals surface area (Å²) in [6, 6.07) is 3.14. The third-order valence-corrected chi connectivity index (χ3v) is 3.71. The lowest BCUT2D eigenvalue weighted by molar-refractivity contribution is -0.129. The van der Waals surface area contributed by atoms with Gasteiger partial charge >= 0.3 is 0 Å². The van der Waals surface area contributed by atoms with Crippen molar-refractivity contribution in [2.24, 2.45) is 5.73 Å². The largest absolute Gasteiger partial charge is 0.481 e. The van der Waals surface area contributed by atoms with E-state index in [0.29, 0.717) is 19.4 Å². The van der Waals surface area contributed by atoms with E-state index in [9.17, 15) is 13.6 Å². The topological polar surface area (TPSA) is 64.3 Å². The summed E-state index contributed by atoms with van der Waals surface area (Å²) < 4.78 is 31.3. The molecule has 0 aliphatic rings. The molecule has 0 aliphatic carbocycles. The highest BCUT2D eigenvalue weighted by atomic mass is 35.5. The Bertz CT molecular complexity index is 488. The molecule has 126 valence electrons. The quantitative estimate of drug-likeness (QED) is 0.804. The van der Waals surface area contributed by atoms with Gasteiger partial charge in [0.05, 0.1) is 5.54 Å². The number of rotatable bonds is 7. The van der Waals surface area contributed by atoms with Gasteiger partial charge in [0.15, 0.2) is 17.7 Å². The highest BCUT2D eigenvalue weighted by molar-refractivity contribution is 5.85. The highest BCUT2D eigenvalue weighted by Gasteiger charge is 2.29. The van der Waals surface area contributed by atoms with Crippen LogP contribution in [0.2, 0.25) is 0 Å². The van der Waals surface area contributed by atoms with Gasteiger partial charge in [-0.15, -0.1) is 12.4 Å². The first kappa shape index (κ1) is 20.6. The van der Waals surface area contributed by atoms with E-state index in [0.717, 1.165) is 12.1 Å². The number of carbonyl (C=O) groups excluding carboxylic acids is 1. The van der Waals surface area contributed by atoms with E-state index < -0.39 is 23.3 Å². The van der Waals surface area contributed by atoms with Crippen LogP contribution in [0, 0.1) is 11.6 Å². The number of benzene rings is 1. The van der Waals surface area contributed by atoms with Gasteiger partial charge in [0.1, 0.15) is 5.75 Å². The Morgan fingerprint density at radius 3 is 2.36 bits per heavy atom. The first-order valence-corrected chi connectivity index (χ1v) is 7.01. The molecule has 4 nitrogen and oxygen atoms in total. The lowest BCUT2D eigenvalue weighted by Crippen LogP contribution is -2.55. The third kappa shape index (κ3) is 5.10. The van der Waals surface area contributed by atoms with E-state index >= 15 is 0 Å². The second-order valence-corrected chi connectivity index (χ2v) is 5.02. The summed E-state index contributed by atoms with van der Waals surface area (Å²) in [6.07, 6.45) is 0.562. The van der Waals surface area contributed by atoms with Crippen LogP contribution in [0.25, 0.3) is 0 Å². The van der Waals surface area contributed by atoms with E-state index in [2.05, 4.69) is 5.32 Å². The molecule has 1 rings (SSSR count). The molecular formula is C15H23ClF2N2O2. The molecule has 0 aromatic heterocycles. The molecule has 0 saturated carbocycles. The molecule has 1 amide bonds. The fourth-order valence-corrected chi connectivity index (χ4v) is 1.94. The van der Waals surface area contributed by atoms with Gasteiger partial charge in [-0.1, -0.05) is 13.8 Å². The SMILES string of the molecule is CCC(CC)(CN)NC(=O)C(C)Oc1ccc(F)c(F)c1.Cl. The predicted molar refractivity (Wildman–Crippen MR) is 84.2 cm³/mol. The standard InChI is InChI=1S/C15H22F2N2O2.ClH/c1-4-15(5-2,9-18)19-14(20)10(3)21-11-6-7-12(16)13(17)8-11;/h6-8,10H,4-5,9,18H2,1-3H3,(H,19,20);1H. The van der Waals surface area contributed by atoms with Crippen molar-refractivity contribution < 1.29 is 18.3 Å². The summed E-state index contributed by atoms with van der Waals surface area (Å²) in [7, 11) is 0. The Hall–Kier alpha value is -1.40. The Morgan fingerprint density at radius 1 is 1.32 bits per heavy atom. The van der Waals surface area contributed by atoms with Crippen molar-refractivity contribution in [3.05, 3.63) is 29.8 Å². The first-order valence-electron chi connectivity index (χ1n) is 7.01. The Labute approximate surface area is 135 Å². The lowest BCUT2D eigenvalue weighted by atomic mass is 9.92. The minimum atomic E-state index is -1.02. The average Bonchev–Trinajstić information content (AvgIpc) is 2.48. The van der Waals surface area contributed by atoms with Crippen LogP contribution in [-0.2, 0) is 4.79 Å². The Morgan fingerprint density at radius 2 is 1.91 bits per heavy atom. The van der Waals surface area contributed by atoms with Crippen LogP contribution >= 0.6 is 12.4 Å². The Kier molecular flexibility index (Phi) is 8.34. The normalized spacial score (nSPS) is 12.3. The average molecular weight is 337 g/mol. The molecule has 0 heterocycles. The molecular weight excluding hydrogens is 314 g/mol. The van der Waals surface area contributed by atoms with E-state index in [4.69, 9.17) is 10.5 Å². The van der Waals surface area contributed by atoms with Crippen LogP contribution < -0.4 is 15.8 Å². The van der Waals surface area contributed by atoms with Gasteiger partial charge in [0, 0.05) is 12.6 Å². The number of hydrogen-bond donors (Lipinski definition) is 2. The number of nitrogens with two attached hydrogens (primary N) is 1. The van der Waals surface area contributed by atoms with E-state index in [1.165, 1.54) is 6.07 Å². The second kappa shape index (κ2) is 8.90. The zero-order valence-corrected chi connectivity index (χ0v) is 13.8. The van der Waals surface area contributed by atoms with Crippen LogP contribution in [0.1, 0.15) is 33.6 Å². The molecule has 0 fully saturated rings. The minimum Gasteiger partial charge on any atom is -0.481 e. The summed E-state index contributed by atoms with van der Waals surface area (Å²) in [5, 5.41) is 2.87. The second-order valence-electron chi connectivity index (χ2n) is 5.02. The smallest absolute Gasteiger partial charge is 0.261 e. The van der Waals surface area contributed by atoms with Crippen LogP contribution in [0.4, 0.5) is 8.78 Å². The lowest BCUT2D eigenvalue weighted by Gasteiger charge is -2.32. The number of carbonyl (C=O) groups is 1. The fraction of sp³-hybridized carbons (Fsp3) is 0.533. The van der Waals surface area contributed by atoms with Crippen molar-refractivity contribution in [2.45, 2.75) is 45.3 Å². The summed E-state index contributed by atoms with van der Waals surface area (Å²) in [5.74, 6) is -2.21. The maximum absolute atomic E-state index is 13.1. The molecule has 0 saturated heterocycles. The van der Waals surface area contributed by atoms with Gasteiger partial charge in [-0.05, 0) is 31.9 Å². The van der Waals surface area contributed by atoms with Gasteiger partial charge in [0.25, 0.3) is 5.91 Å². The van der Waals surface area contributed by atoms with Crippen molar-refractivity contribution in [1.29, 1.82) is 0 Å². The number of amides is 1. The molecule has 7 heteroatoms. The van der Waals surface area contributed by atoms with Gasteiger partial charge < -0.3 is 15.8 Å². The van der Waals surface area contributed by atoms with Crippen LogP contribution in [0.15, 0.2) is 18.2 Å². The number of halogens is 3. The van der Waals surface area contributed by atoms with Gasteiger partial charge in [-0.3, -0.25) is 4.79 Å². The van der Waals surface area contributed by atoms with Crippen molar-refractivity contribution >= 4 is 18.3 Å². The number of nitrogens with one attached hydrogen (secondary N) is 1. The molecule has 1 unspecified atom stereocenters. The maximum atomic E-state index is 13.1. The predicted octanol–water partition coefficient (Wildman–Crippen LogP) is 2.79. The van der Waals surface area contributed by atoms with Crippen molar-refractivity contribution in [2.75, 3.05) is 6.54 Å².